The van der Waals surface area contributed by atoms with Gasteiger partial charge in [-0.3, -0.25) is 9.59 Å². The first-order chi connectivity index (χ1) is 14.0. The summed E-state index contributed by atoms with van der Waals surface area (Å²) in [5.41, 5.74) is 4.08. The van der Waals surface area contributed by atoms with Crippen molar-refractivity contribution in [2.45, 2.75) is 32.1 Å². The third-order valence-electron chi connectivity index (χ3n) is 5.81. The fourth-order valence-electron chi connectivity index (χ4n) is 4.40. The van der Waals surface area contributed by atoms with E-state index in [0.29, 0.717) is 44.0 Å². The molecule has 29 heavy (non-hydrogen) atoms. The zero-order valence-electron chi connectivity index (χ0n) is 16.7. The molecule has 1 aromatic carbocycles. The second kappa shape index (κ2) is 8.32. The Kier molecular flexibility index (Phi) is 5.79. The fourth-order valence-corrected chi connectivity index (χ4v) is 4.96. The molecule has 0 unspecified atom stereocenters. The number of nitrogens with one attached hydrogen (secondary N) is 1. The van der Waals surface area contributed by atoms with E-state index in [-0.39, 0.29) is 17.6 Å². The van der Waals surface area contributed by atoms with Gasteiger partial charge in [0.25, 0.3) is 5.91 Å². The predicted octanol–water partition coefficient (Wildman–Crippen LogP) is 3.28. The minimum Gasteiger partial charge on any atom is -0.496 e. The molecule has 4 rings (SSSR count). The third-order valence-corrected chi connectivity index (χ3v) is 6.43. The molecule has 154 valence electrons. The van der Waals surface area contributed by atoms with Crippen molar-refractivity contribution in [1.29, 1.82) is 0 Å². The molecule has 1 N–H and O–H groups in total. The van der Waals surface area contributed by atoms with Crippen LogP contribution in [0.15, 0.2) is 45.2 Å². The van der Waals surface area contributed by atoms with Crippen LogP contribution in [0.25, 0.3) is 0 Å². The second-order valence-corrected chi connectivity index (χ2v) is 8.42. The normalized spacial score (nSPS) is 22.4. The number of carbonyl (C=O) groups excluding carboxylic acids is 2. The van der Waals surface area contributed by atoms with E-state index < -0.39 is 0 Å². The number of ketones is 1. The van der Waals surface area contributed by atoms with E-state index in [1.54, 1.807) is 7.11 Å². The third kappa shape index (κ3) is 3.73. The molecule has 1 aromatic rings. The van der Waals surface area contributed by atoms with E-state index in [0.717, 1.165) is 39.8 Å². The van der Waals surface area contributed by atoms with E-state index in [1.807, 2.05) is 30.0 Å². The molecule has 1 amide bonds. The number of allylic oxidation sites excluding steroid dienone is 3. The number of ether oxygens (including phenoxy) is 2. The summed E-state index contributed by atoms with van der Waals surface area (Å²) in [6.45, 7) is 4.14. The zero-order chi connectivity index (χ0) is 20.5. The minimum atomic E-state index is -0.378. The van der Waals surface area contributed by atoms with Crippen LogP contribution in [-0.4, -0.2) is 50.0 Å². The lowest BCUT2D eigenvalue weighted by atomic mass is 9.75. The topological polar surface area (TPSA) is 67.9 Å². The predicted molar refractivity (Wildman–Crippen MR) is 113 cm³/mol. The molecule has 7 heteroatoms. The maximum Gasteiger partial charge on any atom is 0.252 e. The molecule has 2 heterocycles. The Balaban J connectivity index is 1.82. The molecule has 1 aliphatic carbocycles. The number of dihydropyridines is 1. The van der Waals surface area contributed by atoms with Crippen molar-refractivity contribution in [2.75, 3.05) is 33.4 Å². The van der Waals surface area contributed by atoms with Gasteiger partial charge in [0.15, 0.2) is 5.78 Å². The molecule has 0 aromatic heterocycles. The van der Waals surface area contributed by atoms with Crippen molar-refractivity contribution >= 4 is 27.6 Å². The van der Waals surface area contributed by atoms with E-state index in [2.05, 4.69) is 21.2 Å². The average molecular weight is 461 g/mol. The largest absolute Gasteiger partial charge is 0.496 e. The van der Waals surface area contributed by atoms with Gasteiger partial charge in [-0.05, 0) is 53.4 Å². The van der Waals surface area contributed by atoms with Crippen molar-refractivity contribution < 1.29 is 19.1 Å². The van der Waals surface area contributed by atoms with Crippen molar-refractivity contribution in [3.05, 3.63) is 50.8 Å². The molecule has 1 fully saturated rings. The number of methoxy groups -OCH3 is 1. The Labute approximate surface area is 179 Å². The lowest BCUT2D eigenvalue weighted by Gasteiger charge is -2.37. The molecule has 0 radical (unpaired) electrons. The molecular formula is C22H25BrN2O4. The number of morpholine rings is 1. The van der Waals surface area contributed by atoms with Crippen LogP contribution in [0.3, 0.4) is 0 Å². The maximum absolute atomic E-state index is 13.5. The Hall–Kier alpha value is -2.12. The van der Waals surface area contributed by atoms with Gasteiger partial charge in [0.1, 0.15) is 5.75 Å². The summed E-state index contributed by atoms with van der Waals surface area (Å²) in [7, 11) is 1.62. The van der Waals surface area contributed by atoms with E-state index in [9.17, 15) is 9.59 Å². The lowest BCUT2D eigenvalue weighted by Crippen LogP contribution is -2.44. The molecule has 0 saturated carbocycles. The molecule has 0 spiro atoms. The molecule has 6 nitrogen and oxygen atoms in total. The van der Waals surface area contributed by atoms with Crippen LogP contribution in [0.1, 0.15) is 37.7 Å². The fraction of sp³-hybridized carbons (Fsp3) is 0.455. The van der Waals surface area contributed by atoms with E-state index in [4.69, 9.17) is 9.47 Å². The number of benzene rings is 1. The van der Waals surface area contributed by atoms with Gasteiger partial charge in [-0.25, -0.2) is 0 Å². The number of hydrogen-bond donors (Lipinski definition) is 1. The Morgan fingerprint density at radius 2 is 2.03 bits per heavy atom. The van der Waals surface area contributed by atoms with Gasteiger partial charge in [-0.1, -0.05) is 6.07 Å². The summed E-state index contributed by atoms with van der Waals surface area (Å²) in [4.78, 5) is 28.3. The van der Waals surface area contributed by atoms with Crippen LogP contribution >= 0.6 is 15.9 Å². The van der Waals surface area contributed by atoms with E-state index >= 15 is 0 Å². The van der Waals surface area contributed by atoms with Gasteiger partial charge in [0, 0.05) is 48.0 Å². The number of rotatable bonds is 3. The number of hydrogen-bond acceptors (Lipinski definition) is 5. The first-order valence-electron chi connectivity index (χ1n) is 9.95. The molecule has 1 atom stereocenters. The molecule has 0 bridgehead atoms. The SMILES string of the molecule is COc1ccc([C@H]2C(C(=O)N3CCOCC3)=C(C)NC3=C2C(=O)CCC3)cc1Br. The lowest BCUT2D eigenvalue weighted by molar-refractivity contribution is -0.131. The summed E-state index contributed by atoms with van der Waals surface area (Å²) in [5.74, 6) is 0.431. The number of amides is 1. The molecule has 3 aliphatic rings. The smallest absolute Gasteiger partial charge is 0.252 e. The van der Waals surface area contributed by atoms with Gasteiger partial charge in [-0.2, -0.15) is 0 Å². The highest BCUT2D eigenvalue weighted by Crippen LogP contribution is 2.44. The first kappa shape index (κ1) is 20.2. The highest BCUT2D eigenvalue weighted by atomic mass is 79.9. The number of halogens is 1. The van der Waals surface area contributed by atoms with Crippen molar-refractivity contribution in [3.63, 3.8) is 0 Å². The summed E-state index contributed by atoms with van der Waals surface area (Å²) in [6.07, 6.45) is 2.18. The van der Waals surface area contributed by atoms with Gasteiger partial charge in [0.05, 0.1) is 24.8 Å². The number of Topliss-reactive ketones (excluding diaryl/α,β-unsaturated/α-hetero) is 1. The average Bonchev–Trinajstić information content (AvgIpc) is 2.73. The van der Waals surface area contributed by atoms with Crippen molar-refractivity contribution in [3.8, 4) is 5.75 Å². The van der Waals surface area contributed by atoms with Gasteiger partial charge >= 0.3 is 0 Å². The Bertz CT molecular complexity index is 915. The molecule has 1 saturated heterocycles. The first-order valence-corrected chi connectivity index (χ1v) is 10.7. The van der Waals surface area contributed by atoms with Gasteiger partial charge in [0.2, 0.25) is 0 Å². The monoisotopic (exact) mass is 460 g/mol. The van der Waals surface area contributed by atoms with Crippen molar-refractivity contribution in [2.24, 2.45) is 0 Å². The summed E-state index contributed by atoms with van der Waals surface area (Å²) in [6, 6.07) is 5.79. The number of nitrogens with zero attached hydrogens (tertiary/aromatic N) is 1. The van der Waals surface area contributed by atoms with Crippen LogP contribution in [0.5, 0.6) is 5.75 Å². The van der Waals surface area contributed by atoms with Crippen LogP contribution in [0, 0.1) is 0 Å². The number of carbonyl (C=O) groups is 2. The molecule has 2 aliphatic heterocycles. The van der Waals surface area contributed by atoms with Crippen LogP contribution in [0.2, 0.25) is 0 Å². The van der Waals surface area contributed by atoms with Crippen LogP contribution < -0.4 is 10.1 Å². The summed E-state index contributed by atoms with van der Waals surface area (Å²) >= 11 is 3.56. The molecular weight excluding hydrogens is 436 g/mol. The summed E-state index contributed by atoms with van der Waals surface area (Å²) < 4.78 is 11.6. The highest BCUT2D eigenvalue weighted by Gasteiger charge is 2.40. The van der Waals surface area contributed by atoms with Crippen LogP contribution in [-0.2, 0) is 14.3 Å². The highest BCUT2D eigenvalue weighted by molar-refractivity contribution is 9.10. The zero-order valence-corrected chi connectivity index (χ0v) is 18.3. The minimum absolute atomic E-state index is 0.0276. The Morgan fingerprint density at radius 3 is 2.72 bits per heavy atom. The van der Waals surface area contributed by atoms with E-state index in [1.165, 1.54) is 0 Å². The maximum atomic E-state index is 13.5. The standard InChI is InChI=1S/C22H25BrN2O4/c1-13-19(22(27)25-8-10-29-11-9-25)20(14-6-7-18(28-2)15(23)12-14)21-16(24-13)4-3-5-17(21)26/h6-7,12,20,24H,3-5,8-11H2,1-2H3/t20-/m0/s1. The Morgan fingerprint density at radius 1 is 1.28 bits per heavy atom. The van der Waals surface area contributed by atoms with Crippen molar-refractivity contribution in [1.82, 2.24) is 10.2 Å². The van der Waals surface area contributed by atoms with Gasteiger partial charge < -0.3 is 19.7 Å². The quantitative estimate of drug-likeness (QED) is 0.749. The second-order valence-electron chi connectivity index (χ2n) is 7.56. The summed E-state index contributed by atoms with van der Waals surface area (Å²) in [5, 5.41) is 3.38. The van der Waals surface area contributed by atoms with Gasteiger partial charge in [-0.15, -0.1) is 0 Å². The van der Waals surface area contributed by atoms with Crippen LogP contribution in [0.4, 0.5) is 0 Å².